The lowest BCUT2D eigenvalue weighted by Crippen LogP contribution is -2.36. The quantitative estimate of drug-likeness (QED) is 0.545. The highest BCUT2D eigenvalue weighted by molar-refractivity contribution is 7.17. The number of esters is 1. The third kappa shape index (κ3) is 5.04. The maximum Gasteiger partial charge on any atom is 0.410 e. The van der Waals surface area contributed by atoms with Crippen molar-refractivity contribution in [1.29, 1.82) is 0 Å². The topological polar surface area (TPSA) is 84.9 Å². The number of fused-ring (bicyclic) bond motifs is 1. The Hall–Kier alpha value is -2.65. The molecule has 0 saturated heterocycles. The number of rotatable bonds is 6. The molecule has 1 aliphatic rings. The minimum absolute atomic E-state index is 0.240. The van der Waals surface area contributed by atoms with Crippen LogP contribution in [0, 0.1) is 0 Å². The lowest BCUT2D eigenvalue weighted by molar-refractivity contribution is -0.111. The smallest absolute Gasteiger partial charge is 0.410 e. The number of amides is 2. The first-order chi connectivity index (χ1) is 14.0. The van der Waals surface area contributed by atoms with Crippen LogP contribution in [-0.4, -0.2) is 42.6 Å². The number of hydrogen-bond acceptors (Lipinski definition) is 7. The van der Waals surface area contributed by atoms with Gasteiger partial charge in [0.25, 0.3) is 0 Å². The molecule has 0 fully saturated rings. The number of nitrogens with one attached hydrogen (secondary N) is 1. The zero-order valence-corrected chi connectivity index (χ0v) is 17.9. The number of thiophene rings is 2. The van der Waals surface area contributed by atoms with E-state index in [2.05, 4.69) is 5.32 Å². The van der Waals surface area contributed by atoms with Crippen molar-refractivity contribution in [2.45, 2.75) is 26.8 Å². The molecule has 1 N–H and O–H groups in total. The van der Waals surface area contributed by atoms with Crippen molar-refractivity contribution >= 4 is 51.7 Å². The highest BCUT2D eigenvalue weighted by Crippen LogP contribution is 2.38. The van der Waals surface area contributed by atoms with Crippen LogP contribution in [0.2, 0.25) is 0 Å². The lowest BCUT2D eigenvalue weighted by Gasteiger charge is -2.26. The molecule has 0 saturated carbocycles. The first-order valence-corrected chi connectivity index (χ1v) is 11.0. The molecule has 29 heavy (non-hydrogen) atoms. The first-order valence-electron chi connectivity index (χ1n) is 9.29. The van der Waals surface area contributed by atoms with Crippen LogP contribution in [0.4, 0.5) is 9.80 Å². The number of carbonyl (C=O) groups is 3. The van der Waals surface area contributed by atoms with Gasteiger partial charge in [0.2, 0.25) is 5.91 Å². The molecule has 1 aliphatic heterocycles. The third-order valence-electron chi connectivity index (χ3n) is 4.24. The van der Waals surface area contributed by atoms with Gasteiger partial charge in [-0.3, -0.25) is 4.79 Å². The Kier molecular flexibility index (Phi) is 7.05. The Morgan fingerprint density at radius 2 is 2.03 bits per heavy atom. The SMILES string of the molecule is CCOC(=O)c1c(NC(=O)C=Cc2cccs2)sc2c1CCN(C(=O)OCC)C2. The van der Waals surface area contributed by atoms with Gasteiger partial charge in [0.05, 0.1) is 25.3 Å². The molecule has 9 heteroatoms. The van der Waals surface area contributed by atoms with Crippen molar-refractivity contribution < 1.29 is 23.9 Å². The zero-order valence-electron chi connectivity index (χ0n) is 16.2. The molecular weight excluding hydrogens is 412 g/mol. The molecule has 2 aromatic rings. The largest absolute Gasteiger partial charge is 0.462 e. The van der Waals surface area contributed by atoms with E-state index >= 15 is 0 Å². The Morgan fingerprint density at radius 1 is 1.24 bits per heavy atom. The van der Waals surface area contributed by atoms with Gasteiger partial charge in [-0.1, -0.05) is 6.07 Å². The maximum atomic E-state index is 12.6. The number of carbonyl (C=O) groups excluding carboxylic acids is 3. The van der Waals surface area contributed by atoms with E-state index in [4.69, 9.17) is 9.47 Å². The second-order valence-electron chi connectivity index (χ2n) is 6.14. The van der Waals surface area contributed by atoms with Crippen LogP contribution in [0.25, 0.3) is 6.08 Å². The molecule has 0 aliphatic carbocycles. The highest BCUT2D eigenvalue weighted by atomic mass is 32.1. The molecule has 0 unspecified atom stereocenters. The molecule has 154 valence electrons. The van der Waals surface area contributed by atoms with Crippen LogP contribution in [0.3, 0.4) is 0 Å². The molecule has 0 bridgehead atoms. The Morgan fingerprint density at radius 3 is 2.72 bits per heavy atom. The minimum Gasteiger partial charge on any atom is -0.462 e. The van der Waals surface area contributed by atoms with Gasteiger partial charge < -0.3 is 19.7 Å². The predicted molar refractivity (Wildman–Crippen MR) is 113 cm³/mol. The molecular formula is C20H22N2O5S2. The van der Waals surface area contributed by atoms with Crippen molar-refractivity contribution in [3.8, 4) is 0 Å². The molecule has 2 aromatic heterocycles. The van der Waals surface area contributed by atoms with Crippen molar-refractivity contribution in [2.24, 2.45) is 0 Å². The van der Waals surface area contributed by atoms with Gasteiger partial charge >= 0.3 is 12.1 Å². The summed E-state index contributed by atoms with van der Waals surface area (Å²) in [6.45, 7) is 4.82. The van der Waals surface area contributed by atoms with Crippen molar-refractivity contribution in [2.75, 3.05) is 25.1 Å². The van der Waals surface area contributed by atoms with Crippen LogP contribution in [0.5, 0.6) is 0 Å². The second kappa shape index (κ2) is 9.71. The third-order valence-corrected chi connectivity index (χ3v) is 6.21. The second-order valence-corrected chi connectivity index (χ2v) is 8.22. The summed E-state index contributed by atoms with van der Waals surface area (Å²) in [7, 11) is 0. The molecule has 0 aromatic carbocycles. The Labute approximate surface area is 176 Å². The summed E-state index contributed by atoms with van der Waals surface area (Å²) >= 11 is 2.82. The Balaban J connectivity index is 1.83. The van der Waals surface area contributed by atoms with E-state index in [-0.39, 0.29) is 18.6 Å². The number of ether oxygens (including phenoxy) is 2. The zero-order chi connectivity index (χ0) is 20.8. The predicted octanol–water partition coefficient (Wildman–Crippen LogP) is 4.15. The summed E-state index contributed by atoms with van der Waals surface area (Å²) in [5, 5.41) is 5.17. The summed E-state index contributed by atoms with van der Waals surface area (Å²) in [5.41, 5.74) is 1.21. The van der Waals surface area contributed by atoms with Gasteiger partial charge in [-0.25, -0.2) is 9.59 Å². The molecule has 2 amide bonds. The van der Waals surface area contributed by atoms with E-state index in [0.29, 0.717) is 36.7 Å². The summed E-state index contributed by atoms with van der Waals surface area (Å²) < 4.78 is 10.3. The van der Waals surface area contributed by atoms with E-state index in [1.54, 1.807) is 24.8 Å². The van der Waals surface area contributed by atoms with Crippen LogP contribution >= 0.6 is 22.7 Å². The van der Waals surface area contributed by atoms with Gasteiger partial charge in [-0.15, -0.1) is 22.7 Å². The number of nitrogens with zero attached hydrogens (tertiary/aromatic N) is 1. The molecule has 0 radical (unpaired) electrons. The minimum atomic E-state index is -0.466. The van der Waals surface area contributed by atoms with Gasteiger partial charge in [0, 0.05) is 22.4 Å². The normalized spacial score (nSPS) is 13.2. The Bertz CT molecular complexity index is 918. The van der Waals surface area contributed by atoms with E-state index in [1.165, 1.54) is 28.7 Å². The van der Waals surface area contributed by atoms with Gasteiger partial charge in [-0.05, 0) is 43.4 Å². The van der Waals surface area contributed by atoms with E-state index < -0.39 is 5.97 Å². The fraction of sp³-hybridized carbons (Fsp3) is 0.350. The van der Waals surface area contributed by atoms with Crippen molar-refractivity contribution in [3.63, 3.8) is 0 Å². The highest BCUT2D eigenvalue weighted by Gasteiger charge is 2.31. The summed E-state index contributed by atoms with van der Waals surface area (Å²) in [6.07, 6.45) is 3.28. The summed E-state index contributed by atoms with van der Waals surface area (Å²) in [4.78, 5) is 40.4. The molecule has 3 heterocycles. The monoisotopic (exact) mass is 434 g/mol. The summed E-state index contributed by atoms with van der Waals surface area (Å²) in [6, 6.07) is 3.82. The van der Waals surface area contributed by atoms with E-state index in [9.17, 15) is 14.4 Å². The fourth-order valence-electron chi connectivity index (χ4n) is 2.98. The van der Waals surface area contributed by atoms with Crippen LogP contribution < -0.4 is 5.32 Å². The average Bonchev–Trinajstić information content (AvgIpc) is 3.33. The van der Waals surface area contributed by atoms with Crippen LogP contribution in [0.15, 0.2) is 23.6 Å². The summed E-state index contributed by atoms with van der Waals surface area (Å²) in [5.74, 6) is -0.795. The van der Waals surface area contributed by atoms with Crippen LogP contribution in [-0.2, 0) is 27.2 Å². The molecule has 0 atom stereocenters. The number of anilines is 1. The van der Waals surface area contributed by atoms with Gasteiger partial charge in [0.1, 0.15) is 5.00 Å². The standard InChI is InChI=1S/C20H22N2O5S2/c1-3-26-19(24)17-14-9-10-22(20(25)27-4-2)12-15(14)29-18(17)21-16(23)8-7-13-6-5-11-28-13/h5-8,11H,3-4,9-10,12H2,1-2H3,(H,21,23). The van der Waals surface area contributed by atoms with Gasteiger partial charge in [-0.2, -0.15) is 0 Å². The number of hydrogen-bond donors (Lipinski definition) is 1. The average molecular weight is 435 g/mol. The maximum absolute atomic E-state index is 12.6. The lowest BCUT2D eigenvalue weighted by atomic mass is 10.0. The van der Waals surface area contributed by atoms with Crippen molar-refractivity contribution in [3.05, 3.63) is 44.5 Å². The van der Waals surface area contributed by atoms with Crippen LogP contribution in [0.1, 0.15) is 39.5 Å². The van der Waals surface area contributed by atoms with E-state index in [0.717, 1.165) is 15.3 Å². The molecule has 7 nitrogen and oxygen atoms in total. The first kappa shape index (κ1) is 21.1. The van der Waals surface area contributed by atoms with Gasteiger partial charge in [0.15, 0.2) is 0 Å². The van der Waals surface area contributed by atoms with Crippen molar-refractivity contribution in [1.82, 2.24) is 4.90 Å². The molecule has 0 spiro atoms. The van der Waals surface area contributed by atoms with E-state index in [1.807, 2.05) is 17.5 Å². The molecule has 3 rings (SSSR count). The fourth-order valence-corrected chi connectivity index (χ4v) is 4.85.